The fourth-order valence-electron chi connectivity index (χ4n) is 3.15. The van der Waals surface area contributed by atoms with Gasteiger partial charge in [0, 0.05) is 22.8 Å². The molecule has 0 radical (unpaired) electrons. The Balaban J connectivity index is 1.93. The fourth-order valence-corrected chi connectivity index (χ4v) is 6.72. The van der Waals surface area contributed by atoms with Gasteiger partial charge in [-0.15, -0.1) is 11.3 Å². The number of rotatable bonds is 4. The second kappa shape index (κ2) is 7.23. The number of benzene rings is 1. The number of ether oxygens (including phenoxy) is 1. The molecular formula is C17H20ClNO4S2. The van der Waals surface area contributed by atoms with E-state index in [1.807, 2.05) is 6.07 Å². The summed E-state index contributed by atoms with van der Waals surface area (Å²) in [6.07, 6.45) is 1.31. The van der Waals surface area contributed by atoms with E-state index in [0.717, 1.165) is 10.1 Å². The summed E-state index contributed by atoms with van der Waals surface area (Å²) >= 11 is 7.29. The van der Waals surface area contributed by atoms with E-state index in [-0.39, 0.29) is 12.5 Å². The molecule has 2 aromatic rings. The Morgan fingerprint density at radius 1 is 1.44 bits per heavy atom. The van der Waals surface area contributed by atoms with Crippen molar-refractivity contribution in [3.05, 3.63) is 28.8 Å². The van der Waals surface area contributed by atoms with Gasteiger partial charge in [0.2, 0.25) is 0 Å². The second-order valence-corrected chi connectivity index (χ2v) is 9.73. The molecule has 1 atom stereocenters. The van der Waals surface area contributed by atoms with E-state index in [2.05, 4.69) is 0 Å². The lowest BCUT2D eigenvalue weighted by atomic mass is 10.0. The van der Waals surface area contributed by atoms with Crippen LogP contribution in [-0.4, -0.2) is 38.4 Å². The van der Waals surface area contributed by atoms with E-state index in [4.69, 9.17) is 16.3 Å². The summed E-state index contributed by atoms with van der Waals surface area (Å²) in [5, 5.41) is 1.44. The van der Waals surface area contributed by atoms with Gasteiger partial charge >= 0.3 is 5.97 Å². The molecule has 1 unspecified atom stereocenters. The van der Waals surface area contributed by atoms with Gasteiger partial charge in [-0.2, -0.15) is 4.31 Å². The molecule has 0 spiro atoms. The van der Waals surface area contributed by atoms with Crippen molar-refractivity contribution in [2.45, 2.75) is 30.9 Å². The maximum atomic E-state index is 13.1. The summed E-state index contributed by atoms with van der Waals surface area (Å²) in [5.74, 6) is -0.713. The Morgan fingerprint density at radius 2 is 2.20 bits per heavy atom. The number of halogens is 1. The zero-order valence-electron chi connectivity index (χ0n) is 14.1. The molecule has 0 bridgehead atoms. The molecule has 0 N–H and O–H groups in total. The van der Waals surface area contributed by atoms with Crippen LogP contribution in [0, 0.1) is 12.8 Å². The Morgan fingerprint density at radius 3 is 2.92 bits per heavy atom. The van der Waals surface area contributed by atoms with Crippen molar-refractivity contribution in [3.63, 3.8) is 0 Å². The first-order valence-corrected chi connectivity index (χ1v) is 10.8. The molecule has 3 rings (SSSR count). The van der Waals surface area contributed by atoms with Gasteiger partial charge < -0.3 is 4.74 Å². The minimum Gasteiger partial charge on any atom is -0.466 e. The van der Waals surface area contributed by atoms with Crippen LogP contribution in [0.15, 0.2) is 22.4 Å². The monoisotopic (exact) mass is 401 g/mol. The minimum atomic E-state index is -3.65. The first-order chi connectivity index (χ1) is 11.8. The van der Waals surface area contributed by atoms with Crippen molar-refractivity contribution in [1.82, 2.24) is 4.31 Å². The van der Waals surface area contributed by atoms with E-state index >= 15 is 0 Å². The summed E-state index contributed by atoms with van der Waals surface area (Å²) in [5.41, 5.74) is 0.709. The van der Waals surface area contributed by atoms with Crippen LogP contribution < -0.4 is 0 Å². The summed E-state index contributed by atoms with van der Waals surface area (Å²) < 4.78 is 34.0. The SMILES string of the molecule is CCOC(=O)C1CCCN(S(=O)(=O)c2sc3ccc(Cl)cc3c2C)C1. The third-order valence-corrected chi connectivity index (χ3v) is 8.40. The average molecular weight is 402 g/mol. The average Bonchev–Trinajstić information content (AvgIpc) is 2.92. The molecule has 8 heteroatoms. The highest BCUT2D eigenvalue weighted by atomic mass is 35.5. The van der Waals surface area contributed by atoms with Crippen LogP contribution in [-0.2, 0) is 19.6 Å². The van der Waals surface area contributed by atoms with E-state index in [1.165, 1.54) is 15.6 Å². The van der Waals surface area contributed by atoms with E-state index in [9.17, 15) is 13.2 Å². The lowest BCUT2D eigenvalue weighted by Crippen LogP contribution is -2.42. The van der Waals surface area contributed by atoms with Crippen molar-refractivity contribution in [2.75, 3.05) is 19.7 Å². The molecule has 1 saturated heterocycles. The molecule has 1 aliphatic rings. The Labute approximate surface area is 156 Å². The van der Waals surface area contributed by atoms with Gasteiger partial charge in [-0.1, -0.05) is 11.6 Å². The van der Waals surface area contributed by atoms with E-state index < -0.39 is 15.9 Å². The van der Waals surface area contributed by atoms with E-state index in [0.29, 0.717) is 40.8 Å². The summed E-state index contributed by atoms with van der Waals surface area (Å²) in [6, 6.07) is 5.39. The zero-order chi connectivity index (χ0) is 18.2. The highest BCUT2D eigenvalue weighted by molar-refractivity contribution is 7.91. The number of thiophene rings is 1. The third kappa shape index (κ3) is 3.56. The highest BCUT2D eigenvalue weighted by Crippen LogP contribution is 2.38. The predicted molar refractivity (Wildman–Crippen MR) is 99.7 cm³/mol. The number of aryl methyl sites for hydroxylation is 1. The van der Waals surface area contributed by atoms with Crippen LogP contribution in [0.25, 0.3) is 10.1 Å². The zero-order valence-corrected chi connectivity index (χ0v) is 16.5. The molecule has 25 heavy (non-hydrogen) atoms. The maximum Gasteiger partial charge on any atom is 0.310 e. The first-order valence-electron chi connectivity index (χ1n) is 8.20. The fraction of sp³-hybridized carbons (Fsp3) is 0.471. The van der Waals surface area contributed by atoms with Crippen LogP contribution in [0.4, 0.5) is 0 Å². The van der Waals surface area contributed by atoms with Crippen molar-refractivity contribution in [2.24, 2.45) is 5.92 Å². The van der Waals surface area contributed by atoms with Crippen molar-refractivity contribution >= 4 is 49.0 Å². The van der Waals surface area contributed by atoms with Gasteiger partial charge in [0.25, 0.3) is 10.0 Å². The quantitative estimate of drug-likeness (QED) is 0.730. The van der Waals surface area contributed by atoms with Gasteiger partial charge in [-0.05, 0) is 55.8 Å². The smallest absolute Gasteiger partial charge is 0.310 e. The minimum absolute atomic E-state index is 0.176. The molecule has 2 heterocycles. The van der Waals surface area contributed by atoms with Gasteiger partial charge in [-0.3, -0.25) is 4.79 Å². The number of nitrogens with zero attached hydrogens (tertiary/aromatic N) is 1. The molecule has 5 nitrogen and oxygen atoms in total. The first kappa shape index (κ1) is 18.6. The lowest BCUT2D eigenvalue weighted by molar-refractivity contribution is -0.149. The normalized spacial score (nSPS) is 19.2. The molecule has 136 valence electrons. The van der Waals surface area contributed by atoms with Crippen LogP contribution >= 0.6 is 22.9 Å². The van der Waals surface area contributed by atoms with Crippen LogP contribution in [0.2, 0.25) is 5.02 Å². The molecule has 0 aliphatic carbocycles. The predicted octanol–water partition coefficient (Wildman–Crippen LogP) is 3.83. The number of hydrogen-bond donors (Lipinski definition) is 0. The van der Waals surface area contributed by atoms with Gasteiger partial charge in [0.15, 0.2) is 0 Å². The largest absolute Gasteiger partial charge is 0.466 e. The summed E-state index contributed by atoms with van der Waals surface area (Å²) in [6.45, 7) is 4.45. The number of sulfonamides is 1. The van der Waals surface area contributed by atoms with Crippen molar-refractivity contribution in [1.29, 1.82) is 0 Å². The molecule has 0 amide bonds. The van der Waals surface area contributed by atoms with Crippen LogP contribution in [0.1, 0.15) is 25.3 Å². The summed E-state index contributed by atoms with van der Waals surface area (Å²) in [7, 11) is -3.65. The Hall–Kier alpha value is -1.15. The van der Waals surface area contributed by atoms with Gasteiger partial charge in [0.1, 0.15) is 4.21 Å². The molecule has 1 aromatic heterocycles. The van der Waals surface area contributed by atoms with E-state index in [1.54, 1.807) is 26.0 Å². The number of hydrogen-bond acceptors (Lipinski definition) is 5. The highest BCUT2D eigenvalue weighted by Gasteiger charge is 2.35. The van der Waals surface area contributed by atoms with Gasteiger partial charge in [-0.25, -0.2) is 8.42 Å². The number of fused-ring (bicyclic) bond motifs is 1. The number of carbonyl (C=O) groups is 1. The lowest BCUT2D eigenvalue weighted by Gasteiger charge is -2.30. The van der Waals surface area contributed by atoms with Gasteiger partial charge in [0.05, 0.1) is 12.5 Å². The standard InChI is InChI=1S/C17H20ClNO4S2/c1-3-23-16(20)12-5-4-8-19(10-12)25(21,22)17-11(2)14-9-13(18)6-7-15(14)24-17/h6-7,9,12H,3-5,8,10H2,1-2H3. The maximum absolute atomic E-state index is 13.1. The second-order valence-electron chi connectivity index (χ2n) is 6.11. The summed E-state index contributed by atoms with van der Waals surface area (Å²) in [4.78, 5) is 12.0. The Bertz CT molecular complexity index is 907. The molecule has 1 aromatic carbocycles. The van der Waals surface area contributed by atoms with Crippen molar-refractivity contribution < 1.29 is 17.9 Å². The van der Waals surface area contributed by atoms with Crippen LogP contribution in [0.5, 0.6) is 0 Å². The molecule has 0 saturated carbocycles. The molecular weight excluding hydrogens is 382 g/mol. The number of piperidine rings is 1. The Kier molecular flexibility index (Phi) is 5.39. The molecule has 1 fully saturated rings. The molecule has 1 aliphatic heterocycles. The van der Waals surface area contributed by atoms with Crippen molar-refractivity contribution in [3.8, 4) is 0 Å². The number of esters is 1. The topological polar surface area (TPSA) is 63.7 Å². The van der Waals surface area contributed by atoms with Crippen LogP contribution in [0.3, 0.4) is 0 Å². The third-order valence-electron chi connectivity index (χ3n) is 4.43. The number of carbonyl (C=O) groups excluding carboxylic acids is 1.